The van der Waals surface area contributed by atoms with E-state index in [-0.39, 0.29) is 18.2 Å². The number of carbonyl (C=O) groups excluding carboxylic acids is 2. The van der Waals surface area contributed by atoms with Gasteiger partial charge < -0.3 is 15.0 Å². The Morgan fingerprint density at radius 3 is 2.70 bits per heavy atom. The normalized spacial score (nSPS) is 14.4. The van der Waals surface area contributed by atoms with Crippen LogP contribution >= 0.6 is 11.3 Å². The fourth-order valence-corrected chi connectivity index (χ4v) is 3.72. The van der Waals surface area contributed by atoms with Gasteiger partial charge in [0, 0.05) is 43.0 Å². The van der Waals surface area contributed by atoms with Gasteiger partial charge >= 0.3 is 0 Å². The molecule has 3 aromatic rings. The molecular weight excluding hydrogens is 364 g/mol. The fraction of sp³-hybridized carbons (Fsp3) is 0.316. The first-order valence-corrected chi connectivity index (χ1v) is 9.71. The number of nitrogens with one attached hydrogen (secondary N) is 1. The third-order valence-corrected chi connectivity index (χ3v) is 5.24. The van der Waals surface area contributed by atoms with Crippen molar-refractivity contribution in [3.63, 3.8) is 0 Å². The van der Waals surface area contributed by atoms with Crippen molar-refractivity contribution in [2.75, 3.05) is 26.3 Å². The Labute approximate surface area is 160 Å². The van der Waals surface area contributed by atoms with E-state index in [1.54, 1.807) is 16.2 Å². The van der Waals surface area contributed by atoms with E-state index >= 15 is 0 Å². The van der Waals surface area contributed by atoms with Crippen LogP contribution in [0.15, 0.2) is 42.0 Å². The van der Waals surface area contributed by atoms with Gasteiger partial charge in [0.2, 0.25) is 5.91 Å². The van der Waals surface area contributed by atoms with E-state index in [0.29, 0.717) is 38.4 Å². The standard InChI is InChI=1S/C19H20N4O3S/c24-17(11-16-13-23-7-10-27-19(23)21-16)20-12-14-1-3-15(4-2-14)18(25)22-5-8-26-9-6-22/h1-4,7,10,13H,5-6,8-9,11-12H2,(H,20,24). The number of thiazole rings is 1. The lowest BCUT2D eigenvalue weighted by Gasteiger charge is -2.26. The third-order valence-electron chi connectivity index (χ3n) is 4.47. The monoisotopic (exact) mass is 384 g/mol. The second-order valence-electron chi connectivity index (χ2n) is 6.38. The van der Waals surface area contributed by atoms with Crippen LogP contribution in [0.2, 0.25) is 0 Å². The molecule has 0 unspecified atom stereocenters. The summed E-state index contributed by atoms with van der Waals surface area (Å²) in [5, 5.41) is 4.86. The topological polar surface area (TPSA) is 75.9 Å². The molecule has 3 heterocycles. The second-order valence-corrected chi connectivity index (χ2v) is 7.25. The minimum atomic E-state index is -0.0748. The number of ether oxygens (including phenoxy) is 1. The number of amides is 2. The number of benzene rings is 1. The lowest BCUT2D eigenvalue weighted by molar-refractivity contribution is -0.120. The summed E-state index contributed by atoms with van der Waals surface area (Å²) in [4.78, 5) is 31.7. The molecule has 2 amide bonds. The van der Waals surface area contributed by atoms with Gasteiger partial charge in [-0.25, -0.2) is 4.98 Å². The molecule has 4 rings (SSSR count). The number of rotatable bonds is 5. The van der Waals surface area contributed by atoms with Crippen molar-refractivity contribution in [2.24, 2.45) is 0 Å². The van der Waals surface area contributed by atoms with Crippen LogP contribution in [0.3, 0.4) is 0 Å². The first-order valence-electron chi connectivity index (χ1n) is 8.83. The summed E-state index contributed by atoms with van der Waals surface area (Å²) >= 11 is 1.54. The third kappa shape index (κ3) is 4.17. The Kier molecular flexibility index (Phi) is 5.17. The van der Waals surface area contributed by atoms with E-state index in [4.69, 9.17) is 4.74 Å². The van der Waals surface area contributed by atoms with Crippen molar-refractivity contribution in [3.8, 4) is 0 Å². The smallest absolute Gasteiger partial charge is 0.254 e. The van der Waals surface area contributed by atoms with E-state index in [1.807, 2.05) is 46.4 Å². The Morgan fingerprint density at radius 2 is 1.96 bits per heavy atom. The molecule has 0 spiro atoms. The highest BCUT2D eigenvalue weighted by molar-refractivity contribution is 7.15. The summed E-state index contributed by atoms with van der Waals surface area (Å²) in [6, 6.07) is 7.37. The van der Waals surface area contributed by atoms with Gasteiger partial charge in [0.05, 0.1) is 25.3 Å². The van der Waals surface area contributed by atoms with E-state index in [2.05, 4.69) is 10.3 Å². The highest BCUT2D eigenvalue weighted by atomic mass is 32.1. The minimum absolute atomic E-state index is 0.0219. The van der Waals surface area contributed by atoms with Crippen LogP contribution in [-0.2, 0) is 22.5 Å². The maximum absolute atomic E-state index is 12.4. The van der Waals surface area contributed by atoms with Crippen LogP contribution in [0.4, 0.5) is 0 Å². The molecule has 0 atom stereocenters. The number of carbonyl (C=O) groups is 2. The maximum Gasteiger partial charge on any atom is 0.254 e. The minimum Gasteiger partial charge on any atom is -0.378 e. The van der Waals surface area contributed by atoms with E-state index < -0.39 is 0 Å². The first-order chi connectivity index (χ1) is 13.2. The second kappa shape index (κ2) is 7.89. The number of hydrogen-bond acceptors (Lipinski definition) is 5. The average Bonchev–Trinajstić information content (AvgIpc) is 3.28. The van der Waals surface area contributed by atoms with Crippen LogP contribution in [-0.4, -0.2) is 52.4 Å². The van der Waals surface area contributed by atoms with Crippen molar-refractivity contribution in [1.29, 1.82) is 0 Å². The zero-order chi connectivity index (χ0) is 18.6. The Morgan fingerprint density at radius 1 is 1.19 bits per heavy atom. The summed E-state index contributed by atoms with van der Waals surface area (Å²) < 4.78 is 7.19. The van der Waals surface area contributed by atoms with Crippen molar-refractivity contribution < 1.29 is 14.3 Å². The molecule has 8 heteroatoms. The Balaban J connectivity index is 1.29. The summed E-state index contributed by atoms with van der Waals surface area (Å²) in [6.45, 7) is 2.85. The predicted octanol–water partition coefficient (Wildman–Crippen LogP) is 1.73. The van der Waals surface area contributed by atoms with Gasteiger partial charge in [0.25, 0.3) is 5.91 Å². The fourth-order valence-electron chi connectivity index (χ4n) is 3.00. The van der Waals surface area contributed by atoms with Gasteiger partial charge in [-0.05, 0) is 17.7 Å². The molecule has 1 aliphatic rings. The van der Waals surface area contributed by atoms with Gasteiger partial charge in [-0.1, -0.05) is 12.1 Å². The molecular formula is C19H20N4O3S. The van der Waals surface area contributed by atoms with Gasteiger partial charge in [0.1, 0.15) is 0 Å². The largest absolute Gasteiger partial charge is 0.378 e. The molecule has 7 nitrogen and oxygen atoms in total. The number of imidazole rings is 1. The number of fused-ring (bicyclic) bond motifs is 1. The number of nitrogens with zero attached hydrogens (tertiary/aromatic N) is 3. The van der Waals surface area contributed by atoms with Crippen LogP contribution in [0.1, 0.15) is 21.6 Å². The number of morpholine rings is 1. The summed E-state index contributed by atoms with van der Waals surface area (Å²) in [7, 11) is 0. The van der Waals surface area contributed by atoms with Gasteiger partial charge in [0.15, 0.2) is 4.96 Å². The molecule has 1 aromatic carbocycles. The lowest BCUT2D eigenvalue weighted by atomic mass is 10.1. The molecule has 0 bridgehead atoms. The molecule has 1 saturated heterocycles. The molecule has 1 N–H and O–H groups in total. The van der Waals surface area contributed by atoms with Gasteiger partial charge in [-0.3, -0.25) is 14.0 Å². The Hall–Kier alpha value is -2.71. The zero-order valence-electron chi connectivity index (χ0n) is 14.8. The van der Waals surface area contributed by atoms with Gasteiger partial charge in [-0.15, -0.1) is 11.3 Å². The average molecular weight is 384 g/mol. The van der Waals surface area contributed by atoms with Crippen molar-refractivity contribution in [1.82, 2.24) is 19.6 Å². The summed E-state index contributed by atoms with van der Waals surface area (Å²) in [5.74, 6) is -0.0529. The van der Waals surface area contributed by atoms with Gasteiger partial charge in [-0.2, -0.15) is 0 Å². The number of hydrogen-bond donors (Lipinski definition) is 1. The van der Waals surface area contributed by atoms with Crippen LogP contribution in [0.25, 0.3) is 4.96 Å². The van der Waals surface area contributed by atoms with Crippen LogP contribution < -0.4 is 5.32 Å². The molecule has 0 saturated carbocycles. The van der Waals surface area contributed by atoms with Crippen LogP contribution in [0.5, 0.6) is 0 Å². The van der Waals surface area contributed by atoms with E-state index in [1.165, 1.54) is 0 Å². The van der Waals surface area contributed by atoms with Crippen molar-refractivity contribution >= 4 is 28.1 Å². The Bertz CT molecular complexity index is 913. The SMILES string of the molecule is O=C(Cc1cn2ccsc2n1)NCc1ccc(C(=O)N2CCOCC2)cc1. The highest BCUT2D eigenvalue weighted by Gasteiger charge is 2.18. The molecule has 1 aliphatic heterocycles. The summed E-state index contributed by atoms with van der Waals surface area (Å²) in [6.07, 6.45) is 4.05. The van der Waals surface area contributed by atoms with Crippen LogP contribution in [0, 0.1) is 0 Å². The molecule has 0 aliphatic carbocycles. The first kappa shape index (κ1) is 17.7. The highest BCUT2D eigenvalue weighted by Crippen LogP contribution is 2.12. The number of aromatic nitrogens is 2. The van der Waals surface area contributed by atoms with E-state index in [0.717, 1.165) is 16.2 Å². The van der Waals surface area contributed by atoms with E-state index in [9.17, 15) is 9.59 Å². The molecule has 0 radical (unpaired) electrons. The van der Waals surface area contributed by atoms with Crippen molar-refractivity contribution in [3.05, 3.63) is 58.9 Å². The molecule has 140 valence electrons. The quantitative estimate of drug-likeness (QED) is 0.727. The lowest BCUT2D eigenvalue weighted by Crippen LogP contribution is -2.40. The maximum atomic E-state index is 12.4. The summed E-state index contributed by atoms with van der Waals surface area (Å²) in [5.41, 5.74) is 2.36. The molecule has 27 heavy (non-hydrogen) atoms. The molecule has 2 aromatic heterocycles. The van der Waals surface area contributed by atoms with Crippen molar-refractivity contribution in [2.45, 2.75) is 13.0 Å². The molecule has 1 fully saturated rings. The predicted molar refractivity (Wildman–Crippen MR) is 102 cm³/mol. The zero-order valence-corrected chi connectivity index (χ0v) is 15.6.